The van der Waals surface area contributed by atoms with Gasteiger partial charge in [0, 0.05) is 37.5 Å². The van der Waals surface area contributed by atoms with Gasteiger partial charge in [0.05, 0.1) is 36.9 Å². The second-order valence-corrected chi connectivity index (χ2v) is 11.5. The van der Waals surface area contributed by atoms with Gasteiger partial charge in [-0.2, -0.15) is 0 Å². The van der Waals surface area contributed by atoms with Gasteiger partial charge in [0.1, 0.15) is 17.8 Å². The number of aromatic nitrogens is 2. The normalized spacial score (nSPS) is 17.3. The molecule has 46 heavy (non-hydrogen) atoms. The number of anilines is 1. The van der Waals surface area contributed by atoms with Crippen molar-refractivity contribution in [3.63, 3.8) is 0 Å². The number of methoxy groups -OCH3 is 2. The number of nitrogens with zero attached hydrogens (tertiary/aromatic N) is 5. The van der Waals surface area contributed by atoms with Crippen molar-refractivity contribution in [3.05, 3.63) is 92.5 Å². The van der Waals surface area contributed by atoms with E-state index >= 15 is 4.39 Å². The summed E-state index contributed by atoms with van der Waals surface area (Å²) >= 11 is 6.35. The van der Waals surface area contributed by atoms with Crippen molar-refractivity contribution in [2.45, 2.75) is 25.5 Å². The molecule has 238 valence electrons. The average molecular weight is 648 g/mol. The van der Waals surface area contributed by atoms with Crippen LogP contribution in [0.2, 0.25) is 5.02 Å². The number of pyridine rings is 2. The number of halogens is 2. The van der Waals surface area contributed by atoms with Crippen molar-refractivity contribution in [2.24, 2.45) is 16.1 Å². The third kappa shape index (κ3) is 6.38. The van der Waals surface area contributed by atoms with Gasteiger partial charge in [0.2, 0.25) is 5.43 Å². The van der Waals surface area contributed by atoms with Gasteiger partial charge in [0.25, 0.3) is 0 Å². The zero-order valence-electron chi connectivity index (χ0n) is 25.2. The first-order valence-electron chi connectivity index (χ1n) is 14.6. The van der Waals surface area contributed by atoms with E-state index < -0.39 is 22.8 Å². The SMILES string of the molecule is COc1cc(CO/N=C2\CN(c3nc4c(cc3F)c(=O)c(C(=O)O)cn4C3CC3)CC2CN=Cc2ccccc2)cc(Cl)c1OC. The van der Waals surface area contributed by atoms with E-state index in [4.69, 9.17) is 25.9 Å². The van der Waals surface area contributed by atoms with Crippen molar-refractivity contribution in [2.75, 3.05) is 38.8 Å². The molecule has 2 aliphatic rings. The lowest BCUT2D eigenvalue weighted by Gasteiger charge is -2.19. The molecule has 1 saturated heterocycles. The molecule has 0 radical (unpaired) electrons. The molecule has 13 heteroatoms. The number of carboxylic acid groups (broad SMARTS) is 1. The topological polar surface area (TPSA) is 128 Å². The van der Waals surface area contributed by atoms with Gasteiger partial charge in [-0.1, -0.05) is 47.1 Å². The molecule has 1 saturated carbocycles. The van der Waals surface area contributed by atoms with Crippen molar-refractivity contribution in [1.29, 1.82) is 0 Å². The summed E-state index contributed by atoms with van der Waals surface area (Å²) in [5.74, 6) is -1.41. The van der Waals surface area contributed by atoms with E-state index in [9.17, 15) is 14.7 Å². The number of aliphatic imine (C=N–C) groups is 1. The van der Waals surface area contributed by atoms with Crippen LogP contribution in [0.1, 0.15) is 40.4 Å². The second kappa shape index (κ2) is 13.2. The molecule has 1 aliphatic carbocycles. The monoisotopic (exact) mass is 647 g/mol. The van der Waals surface area contributed by atoms with Crippen molar-refractivity contribution in [1.82, 2.24) is 9.55 Å². The fourth-order valence-electron chi connectivity index (χ4n) is 5.50. The Labute approximate surface area is 268 Å². The number of aromatic carboxylic acids is 1. The first-order valence-corrected chi connectivity index (χ1v) is 15.0. The van der Waals surface area contributed by atoms with Gasteiger partial charge in [-0.15, -0.1) is 0 Å². The predicted molar refractivity (Wildman–Crippen MR) is 173 cm³/mol. The summed E-state index contributed by atoms with van der Waals surface area (Å²) < 4.78 is 28.0. The summed E-state index contributed by atoms with van der Waals surface area (Å²) in [6.45, 7) is 0.993. The summed E-state index contributed by atoms with van der Waals surface area (Å²) in [7, 11) is 3.02. The van der Waals surface area contributed by atoms with E-state index in [2.05, 4.69) is 15.1 Å². The molecule has 2 fully saturated rings. The van der Waals surface area contributed by atoms with Crippen LogP contribution >= 0.6 is 11.6 Å². The van der Waals surface area contributed by atoms with E-state index in [1.54, 1.807) is 27.8 Å². The zero-order valence-corrected chi connectivity index (χ0v) is 25.9. The standard InChI is InChI=1S/C33H31ClFN5O6/c1-44-28-11-20(10-25(34)30(28)45-2)18-46-38-27-17-39(15-21(27)14-36-13-19-6-4-3-5-7-19)32-26(35)12-23-29(41)24(33(42)43)16-40(22-8-9-22)31(23)37-32/h3-7,10-13,16,21-22H,8-9,14-15,17-18H2,1-2H3,(H,42,43)/b36-13?,38-27+. The van der Waals surface area contributed by atoms with Crippen molar-refractivity contribution >= 4 is 46.3 Å². The highest BCUT2D eigenvalue weighted by molar-refractivity contribution is 6.32. The Bertz CT molecular complexity index is 1910. The summed E-state index contributed by atoms with van der Waals surface area (Å²) in [6.07, 6.45) is 4.72. The van der Waals surface area contributed by atoms with Crippen LogP contribution in [0.25, 0.3) is 11.0 Å². The Hall–Kier alpha value is -4.97. The summed E-state index contributed by atoms with van der Waals surface area (Å²) in [6, 6.07) is 14.2. The number of hydrogen-bond donors (Lipinski definition) is 1. The van der Waals surface area contributed by atoms with E-state index in [0.29, 0.717) is 40.9 Å². The third-order valence-electron chi connectivity index (χ3n) is 7.95. The van der Waals surface area contributed by atoms with Crippen LogP contribution in [0.3, 0.4) is 0 Å². The first kappa shape index (κ1) is 31.0. The number of ether oxygens (including phenoxy) is 2. The first-order chi connectivity index (χ1) is 22.3. The van der Waals surface area contributed by atoms with Gasteiger partial charge in [-0.25, -0.2) is 14.2 Å². The molecule has 4 aromatic rings. The lowest BCUT2D eigenvalue weighted by atomic mass is 10.1. The van der Waals surface area contributed by atoms with E-state index in [1.165, 1.54) is 20.4 Å². The van der Waals surface area contributed by atoms with Crippen LogP contribution in [-0.4, -0.2) is 66.4 Å². The molecule has 1 unspecified atom stereocenters. The fraction of sp³-hybridized carbons (Fsp3) is 0.303. The molecule has 0 amide bonds. The molecule has 2 aromatic heterocycles. The molecule has 0 spiro atoms. The summed E-state index contributed by atoms with van der Waals surface area (Å²) in [4.78, 5) is 41.4. The third-order valence-corrected chi connectivity index (χ3v) is 8.23. The minimum absolute atomic E-state index is 0.00117. The highest BCUT2D eigenvalue weighted by atomic mass is 35.5. The molecule has 2 aromatic carbocycles. The average Bonchev–Trinajstić information content (AvgIpc) is 3.81. The number of benzene rings is 2. The van der Waals surface area contributed by atoms with Gasteiger partial charge in [0.15, 0.2) is 23.1 Å². The number of rotatable bonds is 11. The number of hydrogen-bond acceptors (Lipinski definition) is 9. The van der Waals surface area contributed by atoms with Crippen LogP contribution in [0.4, 0.5) is 10.2 Å². The molecule has 1 aliphatic heterocycles. The van der Waals surface area contributed by atoms with E-state index in [-0.39, 0.29) is 42.0 Å². The van der Waals surface area contributed by atoms with Crippen LogP contribution < -0.4 is 19.8 Å². The Morgan fingerprint density at radius 3 is 2.65 bits per heavy atom. The maximum absolute atomic E-state index is 15.7. The Balaban J connectivity index is 1.30. The predicted octanol–water partition coefficient (Wildman–Crippen LogP) is 5.37. The summed E-state index contributed by atoms with van der Waals surface area (Å²) in [5.41, 5.74) is 1.37. The fourth-order valence-corrected chi connectivity index (χ4v) is 5.81. The van der Waals surface area contributed by atoms with Crippen LogP contribution in [0.5, 0.6) is 11.5 Å². The molecule has 3 heterocycles. The van der Waals surface area contributed by atoms with Crippen molar-refractivity contribution in [3.8, 4) is 11.5 Å². The Morgan fingerprint density at radius 2 is 1.96 bits per heavy atom. The highest BCUT2D eigenvalue weighted by Gasteiger charge is 2.34. The highest BCUT2D eigenvalue weighted by Crippen LogP contribution is 2.38. The molecule has 11 nitrogen and oxygen atoms in total. The molecule has 1 N–H and O–H groups in total. The van der Waals surface area contributed by atoms with Crippen molar-refractivity contribution < 1.29 is 28.6 Å². The number of carboxylic acids is 1. The molecular weight excluding hydrogens is 617 g/mol. The van der Waals surface area contributed by atoms with Gasteiger partial charge in [-0.3, -0.25) is 9.79 Å². The Morgan fingerprint density at radius 1 is 1.17 bits per heavy atom. The minimum atomic E-state index is -1.36. The number of carbonyl (C=O) groups is 1. The smallest absolute Gasteiger partial charge is 0.341 e. The molecule has 0 bridgehead atoms. The number of oxime groups is 1. The molecular formula is C33H31ClFN5O6. The van der Waals surface area contributed by atoms with Crippen LogP contribution in [0, 0.1) is 11.7 Å². The zero-order chi connectivity index (χ0) is 32.4. The lowest BCUT2D eigenvalue weighted by Crippen LogP contribution is -2.25. The quantitative estimate of drug-likeness (QED) is 0.170. The van der Waals surface area contributed by atoms with E-state index in [1.807, 2.05) is 30.3 Å². The van der Waals surface area contributed by atoms with Gasteiger partial charge < -0.3 is 28.9 Å². The van der Waals surface area contributed by atoms with E-state index in [0.717, 1.165) is 24.5 Å². The summed E-state index contributed by atoms with van der Waals surface area (Å²) in [5, 5.41) is 14.3. The maximum atomic E-state index is 15.7. The van der Waals surface area contributed by atoms with Gasteiger partial charge >= 0.3 is 5.97 Å². The minimum Gasteiger partial charge on any atom is -0.493 e. The van der Waals surface area contributed by atoms with Crippen LogP contribution in [0.15, 0.2) is 69.7 Å². The second-order valence-electron chi connectivity index (χ2n) is 11.1. The van der Waals surface area contributed by atoms with Crippen LogP contribution in [-0.2, 0) is 11.4 Å². The molecule has 6 rings (SSSR count). The lowest BCUT2D eigenvalue weighted by molar-refractivity contribution is 0.0694. The largest absolute Gasteiger partial charge is 0.493 e. The number of fused-ring (bicyclic) bond motifs is 1. The maximum Gasteiger partial charge on any atom is 0.341 e. The molecule has 1 atom stereocenters. The Kier molecular flexibility index (Phi) is 8.89. The van der Waals surface area contributed by atoms with Gasteiger partial charge in [-0.05, 0) is 42.2 Å².